The highest BCUT2D eigenvalue weighted by Crippen LogP contribution is 2.38. The second kappa shape index (κ2) is 9.04. The van der Waals surface area contributed by atoms with Gasteiger partial charge in [-0.3, -0.25) is 14.3 Å². The number of benzene rings is 1. The highest BCUT2D eigenvalue weighted by atomic mass is 35.5. The molecular formula is C18H19ClN4O7S. The van der Waals surface area contributed by atoms with Crippen LogP contribution < -0.4 is 9.47 Å². The number of halogens is 1. The Balaban J connectivity index is 2.00. The van der Waals surface area contributed by atoms with Gasteiger partial charge in [-0.2, -0.15) is 13.5 Å². The minimum atomic E-state index is -3.57. The van der Waals surface area contributed by atoms with Crippen LogP contribution in [-0.2, 0) is 14.3 Å². The van der Waals surface area contributed by atoms with Gasteiger partial charge in [0.05, 0.1) is 48.8 Å². The van der Waals surface area contributed by atoms with Crippen LogP contribution in [0.5, 0.6) is 11.5 Å². The summed E-state index contributed by atoms with van der Waals surface area (Å²) in [5, 5.41) is 17.0. The van der Waals surface area contributed by atoms with E-state index in [1.54, 1.807) is 23.9 Å². The lowest BCUT2D eigenvalue weighted by Gasteiger charge is -2.13. The molecule has 0 N–H and O–H groups in total. The smallest absolute Gasteiger partial charge is 0.314 e. The molecule has 166 valence electrons. The van der Waals surface area contributed by atoms with E-state index in [0.717, 1.165) is 11.6 Å². The fourth-order valence-corrected chi connectivity index (χ4v) is 3.47. The Morgan fingerprint density at radius 2 is 1.97 bits per heavy atom. The summed E-state index contributed by atoms with van der Waals surface area (Å²) in [7, 11) is -2.18. The molecule has 1 aromatic carbocycles. The second-order valence-electron chi connectivity index (χ2n) is 6.50. The Morgan fingerprint density at radius 1 is 1.23 bits per heavy atom. The Bertz CT molecular complexity index is 1240. The molecule has 3 rings (SSSR count). The molecular weight excluding hydrogens is 452 g/mol. The van der Waals surface area contributed by atoms with Crippen LogP contribution in [0.2, 0.25) is 5.15 Å². The quantitative estimate of drug-likeness (QED) is 0.152. The first-order valence-electron chi connectivity index (χ1n) is 8.95. The van der Waals surface area contributed by atoms with Crippen molar-refractivity contribution >= 4 is 38.3 Å². The van der Waals surface area contributed by atoms with Crippen LogP contribution >= 0.6 is 11.6 Å². The van der Waals surface area contributed by atoms with Gasteiger partial charge in [0.1, 0.15) is 10.8 Å². The van der Waals surface area contributed by atoms with Crippen LogP contribution in [0.15, 0.2) is 24.4 Å². The fraction of sp³-hybridized carbons (Fsp3) is 0.333. The van der Waals surface area contributed by atoms with Crippen molar-refractivity contribution in [1.82, 2.24) is 14.8 Å². The summed E-state index contributed by atoms with van der Waals surface area (Å²) >= 11 is 6.04. The summed E-state index contributed by atoms with van der Waals surface area (Å²) in [6.45, 7) is 1.69. The van der Waals surface area contributed by atoms with Gasteiger partial charge in [0, 0.05) is 30.1 Å². The average Bonchev–Trinajstić information content (AvgIpc) is 3.01. The molecule has 0 fully saturated rings. The van der Waals surface area contributed by atoms with E-state index in [-0.39, 0.29) is 42.0 Å². The van der Waals surface area contributed by atoms with Crippen LogP contribution in [0.3, 0.4) is 0 Å². The number of hydrogen-bond donors (Lipinski definition) is 0. The number of methoxy groups -OCH3 is 1. The standard InChI is InChI=1S/C18H19ClN4O7S/c1-11-12-10-20-18(19)9-13(12)22(21-11)14-7-17(15(23(24)25)8-16(14)28-2)29-5-4-6-30-31(3,26)27/h7-10H,4-6H2,1-3H3. The molecule has 0 saturated carbocycles. The molecule has 0 aliphatic heterocycles. The van der Waals surface area contributed by atoms with Gasteiger partial charge in [0.15, 0.2) is 11.5 Å². The number of nitro benzene ring substituents is 1. The van der Waals surface area contributed by atoms with Crippen molar-refractivity contribution in [3.63, 3.8) is 0 Å². The molecule has 0 spiro atoms. The third-order valence-corrected chi connectivity index (χ3v) is 5.05. The van der Waals surface area contributed by atoms with Gasteiger partial charge in [-0.15, -0.1) is 0 Å². The van der Waals surface area contributed by atoms with Crippen LogP contribution in [0, 0.1) is 17.0 Å². The molecule has 2 aromatic heterocycles. The second-order valence-corrected chi connectivity index (χ2v) is 8.53. The minimum Gasteiger partial charge on any atom is -0.494 e. The molecule has 0 bridgehead atoms. The Hall–Kier alpha value is -2.96. The number of nitro groups is 1. The van der Waals surface area contributed by atoms with Crippen LogP contribution in [0.1, 0.15) is 12.1 Å². The van der Waals surface area contributed by atoms with Gasteiger partial charge in [-0.05, 0) is 6.92 Å². The molecule has 11 nitrogen and oxygen atoms in total. The molecule has 2 heterocycles. The topological polar surface area (TPSA) is 136 Å². The number of nitrogens with zero attached hydrogens (tertiary/aromatic N) is 4. The predicted octanol–water partition coefficient (Wildman–Crippen LogP) is 3.04. The molecule has 0 aliphatic carbocycles. The maximum atomic E-state index is 11.5. The van der Waals surface area contributed by atoms with E-state index in [1.807, 2.05) is 0 Å². The number of hydrogen-bond acceptors (Lipinski definition) is 9. The van der Waals surface area contributed by atoms with Gasteiger partial charge >= 0.3 is 5.69 Å². The Morgan fingerprint density at radius 3 is 2.61 bits per heavy atom. The average molecular weight is 471 g/mol. The van der Waals surface area contributed by atoms with E-state index in [1.165, 1.54) is 19.2 Å². The first-order chi connectivity index (χ1) is 14.6. The highest BCUT2D eigenvalue weighted by Gasteiger charge is 2.23. The minimum absolute atomic E-state index is 0.00321. The van der Waals surface area contributed by atoms with E-state index in [4.69, 9.17) is 21.1 Å². The number of aromatic nitrogens is 3. The fourth-order valence-electron chi connectivity index (χ4n) is 2.89. The van der Waals surface area contributed by atoms with Gasteiger partial charge in [-0.1, -0.05) is 11.6 Å². The Labute approximate surface area is 182 Å². The molecule has 0 unspecified atom stereocenters. The molecule has 0 aliphatic rings. The summed E-state index contributed by atoms with van der Waals surface area (Å²) in [6.07, 6.45) is 2.73. The number of fused-ring (bicyclic) bond motifs is 1. The normalized spacial score (nSPS) is 11.6. The molecule has 0 saturated heterocycles. The zero-order valence-corrected chi connectivity index (χ0v) is 18.4. The SMILES string of the molecule is COc1cc([N+](=O)[O-])c(OCCCOS(C)(=O)=O)cc1-n1nc(C)c2cnc(Cl)cc21. The number of rotatable bonds is 9. The molecule has 0 amide bonds. The summed E-state index contributed by atoms with van der Waals surface area (Å²) in [5.74, 6) is 0.179. The van der Waals surface area contributed by atoms with Gasteiger partial charge < -0.3 is 9.47 Å². The largest absolute Gasteiger partial charge is 0.494 e. The lowest BCUT2D eigenvalue weighted by Crippen LogP contribution is -2.09. The monoisotopic (exact) mass is 470 g/mol. The first kappa shape index (κ1) is 22.7. The molecule has 31 heavy (non-hydrogen) atoms. The van der Waals surface area contributed by atoms with Crippen molar-refractivity contribution < 1.29 is 27.0 Å². The maximum absolute atomic E-state index is 11.5. The van der Waals surface area contributed by atoms with Crippen molar-refractivity contribution in [1.29, 1.82) is 0 Å². The van der Waals surface area contributed by atoms with Crippen LogP contribution in [0.25, 0.3) is 16.6 Å². The summed E-state index contributed by atoms with van der Waals surface area (Å²) in [6, 6.07) is 4.30. The lowest BCUT2D eigenvalue weighted by molar-refractivity contribution is -0.385. The number of pyridine rings is 1. The van der Waals surface area contributed by atoms with E-state index in [2.05, 4.69) is 14.3 Å². The van der Waals surface area contributed by atoms with Crippen LogP contribution in [0.4, 0.5) is 5.69 Å². The zero-order chi connectivity index (χ0) is 22.8. The van der Waals surface area contributed by atoms with E-state index in [9.17, 15) is 18.5 Å². The highest BCUT2D eigenvalue weighted by molar-refractivity contribution is 7.85. The third-order valence-electron chi connectivity index (χ3n) is 4.25. The molecule has 0 radical (unpaired) electrons. The predicted molar refractivity (Wildman–Crippen MR) is 113 cm³/mol. The maximum Gasteiger partial charge on any atom is 0.314 e. The van der Waals surface area contributed by atoms with Gasteiger partial charge in [0.2, 0.25) is 0 Å². The summed E-state index contributed by atoms with van der Waals surface area (Å²) in [5.41, 5.74) is 1.41. The summed E-state index contributed by atoms with van der Waals surface area (Å²) < 4.78 is 39.2. The van der Waals surface area contributed by atoms with Gasteiger partial charge in [-0.25, -0.2) is 9.67 Å². The third kappa shape index (κ3) is 5.21. The molecule has 0 atom stereocenters. The van der Waals surface area contributed by atoms with E-state index >= 15 is 0 Å². The summed E-state index contributed by atoms with van der Waals surface area (Å²) in [4.78, 5) is 15.0. The molecule has 3 aromatic rings. The van der Waals surface area contributed by atoms with Crippen molar-refractivity contribution in [3.8, 4) is 17.2 Å². The first-order valence-corrected chi connectivity index (χ1v) is 11.1. The van der Waals surface area contributed by atoms with Crippen molar-refractivity contribution in [3.05, 3.63) is 45.4 Å². The van der Waals surface area contributed by atoms with Gasteiger partial charge in [0.25, 0.3) is 10.1 Å². The van der Waals surface area contributed by atoms with E-state index < -0.39 is 15.0 Å². The molecule has 13 heteroatoms. The van der Waals surface area contributed by atoms with Crippen molar-refractivity contribution in [2.45, 2.75) is 13.3 Å². The number of aryl methyl sites for hydroxylation is 1. The lowest BCUT2D eigenvalue weighted by atomic mass is 10.2. The van der Waals surface area contributed by atoms with Crippen molar-refractivity contribution in [2.24, 2.45) is 0 Å². The zero-order valence-electron chi connectivity index (χ0n) is 16.9. The van der Waals surface area contributed by atoms with Crippen LogP contribution in [-0.4, -0.2) is 54.7 Å². The number of ether oxygens (including phenoxy) is 2. The van der Waals surface area contributed by atoms with Crippen molar-refractivity contribution in [2.75, 3.05) is 26.6 Å². The Kier molecular flexibility index (Phi) is 6.62. The van der Waals surface area contributed by atoms with E-state index in [0.29, 0.717) is 16.9 Å².